The molecule has 9 nitrogen and oxygen atoms in total. The second-order valence-electron chi connectivity index (χ2n) is 16.2. The van der Waals surface area contributed by atoms with Crippen molar-refractivity contribution in [2.75, 3.05) is 39.6 Å². The molecule has 0 aliphatic heterocycles. The Kier molecular flexibility index (Phi) is 14.6. The highest BCUT2D eigenvalue weighted by atomic mass is 28.4. The average molecular weight is 655 g/mol. The predicted octanol–water partition coefficient (Wildman–Crippen LogP) is 5.30. The monoisotopic (exact) mass is 654 g/mol. The van der Waals surface area contributed by atoms with E-state index in [2.05, 4.69) is 102 Å². The summed E-state index contributed by atoms with van der Waals surface area (Å²) in [5, 5.41) is 29.3. The van der Waals surface area contributed by atoms with E-state index >= 15 is 0 Å². The van der Waals surface area contributed by atoms with Crippen molar-refractivity contribution in [2.45, 2.75) is 153 Å². The van der Waals surface area contributed by atoms with Crippen LogP contribution in [-0.4, -0.2) is 117 Å². The zero-order valence-corrected chi connectivity index (χ0v) is 32.5. The zero-order valence-electron chi connectivity index (χ0n) is 29.5. The van der Waals surface area contributed by atoms with Crippen LogP contribution in [0.3, 0.4) is 0 Å². The van der Waals surface area contributed by atoms with E-state index in [4.69, 9.17) is 27.5 Å². The van der Waals surface area contributed by atoms with Crippen molar-refractivity contribution < 1.29 is 42.8 Å². The lowest BCUT2D eigenvalue weighted by Crippen LogP contribution is -2.72. The van der Waals surface area contributed by atoms with Crippen LogP contribution in [0.15, 0.2) is 0 Å². The molecule has 1 aliphatic rings. The van der Waals surface area contributed by atoms with E-state index in [1.54, 1.807) is 0 Å². The van der Waals surface area contributed by atoms with Crippen LogP contribution in [0.5, 0.6) is 0 Å². The van der Waals surface area contributed by atoms with E-state index in [1.165, 1.54) is 0 Å². The summed E-state index contributed by atoms with van der Waals surface area (Å²) < 4.78 is 40.9. The molecule has 0 amide bonds. The van der Waals surface area contributed by atoms with Crippen LogP contribution in [0.1, 0.15) is 62.3 Å². The van der Waals surface area contributed by atoms with Crippen molar-refractivity contribution in [2.24, 2.45) is 0 Å². The van der Waals surface area contributed by atoms with E-state index in [1.807, 2.05) is 0 Å². The molecule has 0 aromatic rings. The van der Waals surface area contributed by atoms with Crippen LogP contribution in [0, 0.1) is 0 Å². The first-order valence-electron chi connectivity index (χ1n) is 15.6. The molecule has 1 aliphatic carbocycles. The van der Waals surface area contributed by atoms with Gasteiger partial charge >= 0.3 is 0 Å². The molecule has 0 atom stereocenters. The molecule has 1 saturated carbocycles. The second kappa shape index (κ2) is 15.3. The van der Waals surface area contributed by atoms with Crippen LogP contribution in [-0.2, 0) is 27.5 Å². The molecule has 42 heavy (non-hydrogen) atoms. The maximum absolute atomic E-state index is 9.87. The van der Waals surface area contributed by atoms with Gasteiger partial charge < -0.3 is 42.8 Å². The maximum Gasteiger partial charge on any atom is 0.192 e. The fraction of sp³-hybridized carbons (Fsp3) is 1.00. The lowest BCUT2D eigenvalue weighted by atomic mass is 9.84. The first-order valence-corrected chi connectivity index (χ1v) is 24.3. The summed E-state index contributed by atoms with van der Waals surface area (Å²) in [6, 6.07) is 0. The van der Waals surface area contributed by atoms with Crippen molar-refractivity contribution in [1.82, 2.24) is 0 Å². The Bertz CT molecular complexity index is 687. The van der Waals surface area contributed by atoms with Gasteiger partial charge in [0.15, 0.2) is 25.0 Å². The van der Waals surface area contributed by atoms with Crippen LogP contribution in [0.4, 0.5) is 0 Å². The maximum atomic E-state index is 9.87. The Morgan fingerprint density at radius 3 is 0.738 bits per heavy atom. The average Bonchev–Trinajstić information content (AvgIpc) is 2.80. The molecule has 0 radical (unpaired) electrons. The topological polar surface area (TPSA) is 116 Å². The molecule has 0 unspecified atom stereocenters. The molecule has 0 aromatic heterocycles. The van der Waals surface area contributed by atoms with E-state index in [9.17, 15) is 15.3 Å². The highest BCUT2D eigenvalue weighted by Crippen LogP contribution is 2.46. The molecule has 0 saturated heterocycles. The Balaban J connectivity index is 4.03. The smallest absolute Gasteiger partial charge is 0.192 e. The first-order chi connectivity index (χ1) is 18.9. The highest BCUT2D eigenvalue weighted by Gasteiger charge is 2.60. The second-order valence-corrected chi connectivity index (χ2v) is 30.5. The number of aliphatic hydroxyl groups excluding tert-OH is 3. The molecule has 3 N–H and O–H groups in total. The number of rotatable bonds is 15. The summed E-state index contributed by atoms with van der Waals surface area (Å²) in [5.41, 5.74) is 0. The highest BCUT2D eigenvalue weighted by molar-refractivity contribution is 6.75. The Hall–Kier alpha value is 0.291. The van der Waals surface area contributed by atoms with Gasteiger partial charge in [-0.2, -0.15) is 0 Å². The third-order valence-corrected chi connectivity index (χ3v) is 23.3. The van der Waals surface area contributed by atoms with Crippen molar-refractivity contribution in [3.8, 4) is 0 Å². The summed E-state index contributed by atoms with van der Waals surface area (Å²) in [5.74, 6) is 0. The fourth-order valence-electron chi connectivity index (χ4n) is 4.21. The first kappa shape index (κ1) is 40.3. The quantitative estimate of drug-likeness (QED) is 0.202. The van der Waals surface area contributed by atoms with Crippen LogP contribution < -0.4 is 0 Å². The number of hydrogen-bond acceptors (Lipinski definition) is 9. The molecule has 252 valence electrons. The van der Waals surface area contributed by atoms with Crippen molar-refractivity contribution in [3.05, 3.63) is 0 Å². The van der Waals surface area contributed by atoms with E-state index in [-0.39, 0.29) is 54.8 Å². The Morgan fingerprint density at radius 1 is 0.405 bits per heavy atom. The normalized spacial score (nSPS) is 27.0. The third kappa shape index (κ3) is 10.1. The minimum Gasteiger partial charge on any atom is -0.408 e. The summed E-state index contributed by atoms with van der Waals surface area (Å²) in [6.07, 6.45) is -3.77. The molecule has 12 heteroatoms. The minimum atomic E-state index is -2.41. The van der Waals surface area contributed by atoms with E-state index < -0.39 is 61.6 Å². The van der Waals surface area contributed by atoms with Gasteiger partial charge in [0.25, 0.3) is 0 Å². The molecular weight excluding hydrogens is 589 g/mol. The van der Waals surface area contributed by atoms with Crippen LogP contribution >= 0.6 is 0 Å². The summed E-state index contributed by atoms with van der Waals surface area (Å²) >= 11 is 0. The largest absolute Gasteiger partial charge is 0.408 e. The minimum absolute atomic E-state index is 0.0899. The van der Waals surface area contributed by atoms with Crippen molar-refractivity contribution in [3.63, 3.8) is 0 Å². The third-order valence-electron chi connectivity index (χ3n) is 9.86. The van der Waals surface area contributed by atoms with Crippen LogP contribution in [0.2, 0.25) is 54.4 Å². The number of aliphatic hydroxyl groups is 3. The molecular formula is C30H66O9Si3. The van der Waals surface area contributed by atoms with Gasteiger partial charge in [0.2, 0.25) is 0 Å². The number of hydrogen-bond donors (Lipinski definition) is 3. The molecule has 1 rings (SSSR count). The van der Waals surface area contributed by atoms with Gasteiger partial charge in [0.05, 0.1) is 39.6 Å². The molecule has 1 fully saturated rings. The van der Waals surface area contributed by atoms with Gasteiger partial charge in [0.1, 0.15) is 36.6 Å². The lowest BCUT2D eigenvalue weighted by molar-refractivity contribution is -0.248. The molecule has 0 bridgehead atoms. The molecule has 0 heterocycles. The van der Waals surface area contributed by atoms with Gasteiger partial charge in [-0.05, 0) is 54.4 Å². The van der Waals surface area contributed by atoms with Crippen LogP contribution in [0.25, 0.3) is 0 Å². The number of ether oxygens (including phenoxy) is 3. The summed E-state index contributed by atoms with van der Waals surface area (Å²) in [7, 11) is -7.22. The fourth-order valence-corrected chi connectivity index (χ4v) is 8.12. The van der Waals surface area contributed by atoms with Gasteiger partial charge in [-0.1, -0.05) is 62.3 Å². The SMILES string of the molecule is CC(C)(C)[Si](C)(C)OC1C(OCCO)C(O[Si](C)(C)C(C)(C)C)C(OCCO)C(O[Si](C)(C)C(C)(C)C)C1OCCO. The molecule has 0 aromatic carbocycles. The Labute approximate surface area is 260 Å². The van der Waals surface area contributed by atoms with E-state index in [0.717, 1.165) is 0 Å². The summed E-state index contributed by atoms with van der Waals surface area (Å²) in [6.45, 7) is 32.7. The van der Waals surface area contributed by atoms with Gasteiger partial charge in [-0.3, -0.25) is 0 Å². The van der Waals surface area contributed by atoms with Crippen molar-refractivity contribution in [1.29, 1.82) is 0 Å². The van der Waals surface area contributed by atoms with Crippen molar-refractivity contribution >= 4 is 25.0 Å². The standard InChI is InChI=1S/C30H66O9Si3/c1-28(2,3)40(10,11)37-25-22(34-19-16-31)26(38-41(12,13)29(4,5)6)24(36-21-18-33)27(23(25)35-20-17-32)39-42(14,15)30(7,8)9/h22-27,31-33H,16-21H2,1-15H3. The molecule has 0 spiro atoms. The summed E-state index contributed by atoms with van der Waals surface area (Å²) in [4.78, 5) is 0. The predicted molar refractivity (Wildman–Crippen MR) is 177 cm³/mol. The zero-order chi connectivity index (χ0) is 32.9. The van der Waals surface area contributed by atoms with Gasteiger partial charge in [0, 0.05) is 0 Å². The van der Waals surface area contributed by atoms with E-state index in [0.29, 0.717) is 0 Å². The lowest BCUT2D eigenvalue weighted by Gasteiger charge is -2.56. The Morgan fingerprint density at radius 2 is 0.595 bits per heavy atom. The van der Waals surface area contributed by atoms with Gasteiger partial charge in [-0.25, -0.2) is 0 Å². The van der Waals surface area contributed by atoms with Gasteiger partial charge in [-0.15, -0.1) is 0 Å².